The second kappa shape index (κ2) is 9.05. The largest absolute Gasteiger partial charge is 0.489 e. The molecule has 0 atom stereocenters. The summed E-state index contributed by atoms with van der Waals surface area (Å²) in [5, 5.41) is 6.75. The van der Waals surface area contributed by atoms with Crippen LogP contribution in [0.25, 0.3) is 0 Å². The van der Waals surface area contributed by atoms with Crippen LogP contribution in [0.1, 0.15) is 43.3 Å². The highest BCUT2D eigenvalue weighted by atomic mass is 16.5. The molecule has 1 heterocycles. The lowest BCUT2D eigenvalue weighted by atomic mass is 10.1. The lowest BCUT2D eigenvalue weighted by molar-refractivity contribution is 0.0600. The maximum Gasteiger partial charge on any atom is 0.337 e. The van der Waals surface area contributed by atoms with E-state index in [1.807, 2.05) is 13.8 Å². The van der Waals surface area contributed by atoms with Crippen LogP contribution in [0.3, 0.4) is 0 Å². The SMILES string of the molecule is COC(=O)c1ccc(CNC(=O)c2ccc(OCc3c(C)noc3C)cc2)cc1. The molecule has 0 fully saturated rings. The van der Waals surface area contributed by atoms with Crippen molar-refractivity contribution in [3.63, 3.8) is 0 Å². The van der Waals surface area contributed by atoms with Crippen molar-refractivity contribution >= 4 is 11.9 Å². The van der Waals surface area contributed by atoms with E-state index in [9.17, 15) is 9.59 Å². The van der Waals surface area contributed by atoms with Crippen LogP contribution in [0, 0.1) is 13.8 Å². The van der Waals surface area contributed by atoms with E-state index in [0.717, 1.165) is 22.6 Å². The molecule has 2 aromatic carbocycles. The smallest absolute Gasteiger partial charge is 0.337 e. The van der Waals surface area contributed by atoms with E-state index < -0.39 is 5.97 Å². The summed E-state index contributed by atoms with van der Waals surface area (Å²) in [5.74, 6) is 0.801. The first kappa shape index (κ1) is 20.1. The number of methoxy groups -OCH3 is 1. The second-order valence-corrected chi connectivity index (χ2v) is 6.49. The number of rotatable bonds is 7. The molecule has 0 bridgehead atoms. The van der Waals surface area contributed by atoms with E-state index >= 15 is 0 Å². The highest BCUT2D eigenvalue weighted by Gasteiger charge is 2.11. The molecule has 29 heavy (non-hydrogen) atoms. The molecule has 0 saturated heterocycles. The van der Waals surface area contributed by atoms with Gasteiger partial charge in [-0.3, -0.25) is 4.79 Å². The van der Waals surface area contributed by atoms with E-state index in [-0.39, 0.29) is 5.91 Å². The van der Waals surface area contributed by atoms with Gasteiger partial charge in [0, 0.05) is 12.1 Å². The van der Waals surface area contributed by atoms with Gasteiger partial charge in [0.25, 0.3) is 5.91 Å². The van der Waals surface area contributed by atoms with Crippen LogP contribution in [0.5, 0.6) is 5.75 Å². The lowest BCUT2D eigenvalue weighted by Gasteiger charge is -2.08. The number of hydrogen-bond donors (Lipinski definition) is 1. The Morgan fingerprint density at radius 1 is 1.00 bits per heavy atom. The maximum absolute atomic E-state index is 12.3. The van der Waals surface area contributed by atoms with Gasteiger partial charge in [0.2, 0.25) is 0 Å². The molecule has 3 rings (SSSR count). The number of ether oxygens (including phenoxy) is 2. The predicted molar refractivity (Wildman–Crippen MR) is 106 cm³/mol. The Morgan fingerprint density at radius 2 is 1.66 bits per heavy atom. The third-order valence-corrected chi connectivity index (χ3v) is 4.51. The van der Waals surface area contributed by atoms with Crippen molar-refractivity contribution < 1.29 is 23.6 Å². The Morgan fingerprint density at radius 3 is 2.24 bits per heavy atom. The number of carbonyl (C=O) groups is 2. The van der Waals surface area contributed by atoms with Crippen LogP contribution in [0.4, 0.5) is 0 Å². The van der Waals surface area contributed by atoms with Crippen molar-refractivity contribution in [2.24, 2.45) is 0 Å². The first-order chi connectivity index (χ1) is 14.0. The number of nitrogens with one attached hydrogen (secondary N) is 1. The van der Waals surface area contributed by atoms with Crippen LogP contribution in [-0.2, 0) is 17.9 Å². The molecule has 7 nitrogen and oxygen atoms in total. The lowest BCUT2D eigenvalue weighted by Crippen LogP contribution is -2.22. The summed E-state index contributed by atoms with van der Waals surface area (Å²) in [4.78, 5) is 23.8. The fourth-order valence-corrected chi connectivity index (χ4v) is 2.73. The Balaban J connectivity index is 1.53. The molecule has 150 valence electrons. The summed E-state index contributed by atoms with van der Waals surface area (Å²) in [6, 6.07) is 13.8. The molecule has 0 aliphatic rings. The van der Waals surface area contributed by atoms with Crippen molar-refractivity contribution in [3.8, 4) is 5.75 Å². The van der Waals surface area contributed by atoms with Gasteiger partial charge in [-0.1, -0.05) is 17.3 Å². The summed E-state index contributed by atoms with van der Waals surface area (Å²) in [6.45, 7) is 4.42. The molecule has 1 N–H and O–H groups in total. The number of carbonyl (C=O) groups excluding carboxylic acids is 2. The Hall–Kier alpha value is -3.61. The van der Waals surface area contributed by atoms with E-state index in [1.54, 1.807) is 48.5 Å². The van der Waals surface area contributed by atoms with Crippen LogP contribution in [0.15, 0.2) is 53.1 Å². The first-order valence-electron chi connectivity index (χ1n) is 9.08. The fourth-order valence-electron chi connectivity index (χ4n) is 2.73. The zero-order valence-electron chi connectivity index (χ0n) is 16.5. The third kappa shape index (κ3) is 5.01. The second-order valence-electron chi connectivity index (χ2n) is 6.49. The molecule has 1 aromatic heterocycles. The minimum Gasteiger partial charge on any atom is -0.489 e. The highest BCUT2D eigenvalue weighted by Crippen LogP contribution is 2.18. The van der Waals surface area contributed by atoms with Gasteiger partial charge in [-0.15, -0.1) is 0 Å². The first-order valence-corrected chi connectivity index (χ1v) is 9.08. The van der Waals surface area contributed by atoms with Gasteiger partial charge in [-0.25, -0.2) is 4.79 Å². The van der Waals surface area contributed by atoms with Crippen molar-refractivity contribution in [3.05, 3.63) is 82.2 Å². The van der Waals surface area contributed by atoms with Gasteiger partial charge < -0.3 is 19.3 Å². The van der Waals surface area contributed by atoms with Gasteiger partial charge in [0.05, 0.1) is 23.9 Å². The normalized spacial score (nSPS) is 10.4. The van der Waals surface area contributed by atoms with Crippen LogP contribution in [0.2, 0.25) is 0 Å². The average Bonchev–Trinajstić information content (AvgIpc) is 3.08. The maximum atomic E-state index is 12.3. The Bertz CT molecular complexity index is 972. The Kier molecular flexibility index (Phi) is 6.29. The molecule has 0 spiro atoms. The molecule has 0 unspecified atom stereocenters. The number of nitrogens with zero attached hydrogens (tertiary/aromatic N) is 1. The average molecular weight is 394 g/mol. The number of aryl methyl sites for hydroxylation is 2. The monoisotopic (exact) mass is 394 g/mol. The number of esters is 1. The minimum absolute atomic E-state index is 0.195. The van der Waals surface area contributed by atoms with Gasteiger partial charge in [0.15, 0.2) is 0 Å². The topological polar surface area (TPSA) is 90.7 Å². The highest BCUT2D eigenvalue weighted by molar-refractivity contribution is 5.94. The number of aromatic nitrogens is 1. The van der Waals surface area contributed by atoms with Crippen LogP contribution >= 0.6 is 0 Å². The zero-order valence-corrected chi connectivity index (χ0v) is 16.5. The number of benzene rings is 2. The van der Waals surface area contributed by atoms with Gasteiger partial charge in [-0.2, -0.15) is 0 Å². The van der Waals surface area contributed by atoms with E-state index in [4.69, 9.17) is 9.26 Å². The molecule has 3 aromatic rings. The van der Waals surface area contributed by atoms with Crippen molar-refractivity contribution in [2.75, 3.05) is 7.11 Å². The standard InChI is InChI=1S/C22H22N2O5/c1-14-20(15(2)29-24-14)13-28-19-10-8-17(9-11-19)21(25)23-12-16-4-6-18(7-5-16)22(26)27-3/h4-11H,12-13H2,1-3H3,(H,23,25). The molecule has 0 radical (unpaired) electrons. The molecule has 7 heteroatoms. The molecular weight excluding hydrogens is 372 g/mol. The predicted octanol–water partition coefficient (Wildman–Crippen LogP) is 3.59. The van der Waals surface area contributed by atoms with E-state index in [0.29, 0.717) is 30.0 Å². The zero-order chi connectivity index (χ0) is 20.8. The van der Waals surface area contributed by atoms with Crippen molar-refractivity contribution in [2.45, 2.75) is 27.0 Å². The number of hydrogen-bond acceptors (Lipinski definition) is 6. The van der Waals surface area contributed by atoms with Gasteiger partial charge in [-0.05, 0) is 55.8 Å². The summed E-state index contributed by atoms with van der Waals surface area (Å²) in [7, 11) is 1.34. The summed E-state index contributed by atoms with van der Waals surface area (Å²) in [6.07, 6.45) is 0. The van der Waals surface area contributed by atoms with Gasteiger partial charge in [0.1, 0.15) is 18.1 Å². The fraction of sp³-hybridized carbons (Fsp3) is 0.227. The van der Waals surface area contributed by atoms with Gasteiger partial charge >= 0.3 is 5.97 Å². The van der Waals surface area contributed by atoms with E-state index in [2.05, 4.69) is 15.2 Å². The third-order valence-electron chi connectivity index (χ3n) is 4.51. The molecule has 0 aliphatic carbocycles. The van der Waals surface area contributed by atoms with Crippen LogP contribution in [-0.4, -0.2) is 24.1 Å². The quantitative estimate of drug-likeness (QED) is 0.616. The summed E-state index contributed by atoms with van der Waals surface area (Å²) < 4.78 is 15.5. The van der Waals surface area contributed by atoms with Crippen LogP contribution < -0.4 is 10.1 Å². The minimum atomic E-state index is -0.391. The summed E-state index contributed by atoms with van der Waals surface area (Å²) >= 11 is 0. The molecule has 0 saturated carbocycles. The van der Waals surface area contributed by atoms with Crippen molar-refractivity contribution in [1.29, 1.82) is 0 Å². The molecule has 0 aliphatic heterocycles. The van der Waals surface area contributed by atoms with Crippen molar-refractivity contribution in [1.82, 2.24) is 10.5 Å². The number of amides is 1. The molecular formula is C22H22N2O5. The summed E-state index contributed by atoms with van der Waals surface area (Å²) in [5.41, 5.74) is 3.60. The van der Waals surface area contributed by atoms with E-state index in [1.165, 1.54) is 7.11 Å². The Labute approximate surface area is 168 Å². The molecule has 1 amide bonds.